The highest BCUT2D eigenvalue weighted by molar-refractivity contribution is 6.53. The molecule has 142 valence electrons. The van der Waals surface area contributed by atoms with Crippen molar-refractivity contribution in [2.75, 3.05) is 14.2 Å². The Morgan fingerprint density at radius 2 is 1.68 bits per heavy atom. The molecule has 0 amide bonds. The van der Waals surface area contributed by atoms with Crippen LogP contribution in [0.15, 0.2) is 10.1 Å². The number of ether oxygens (including phenoxy) is 2. The average molecular weight is 432 g/mol. The molecule has 4 nitrogen and oxygen atoms in total. The van der Waals surface area contributed by atoms with Crippen LogP contribution in [0.2, 0.25) is 0 Å². The van der Waals surface area contributed by atoms with Crippen molar-refractivity contribution in [1.82, 2.24) is 0 Å². The number of Topliss-reactive ketones (excluding diaryl/α,β-unsaturated/α-hetero) is 1. The van der Waals surface area contributed by atoms with Gasteiger partial charge in [0.2, 0.25) is 5.79 Å². The third-order valence-corrected chi connectivity index (χ3v) is 9.44. The highest BCUT2D eigenvalue weighted by Crippen LogP contribution is 2.80. The van der Waals surface area contributed by atoms with E-state index in [-0.39, 0.29) is 34.1 Å². The summed E-state index contributed by atoms with van der Waals surface area (Å²) in [6.07, 6.45) is -0.653. The summed E-state index contributed by atoms with van der Waals surface area (Å²) in [6, 6.07) is 0. The molecule has 8 heteroatoms. The normalized spacial score (nSPS) is 48.4. The van der Waals surface area contributed by atoms with Crippen molar-refractivity contribution in [1.29, 1.82) is 0 Å². The summed E-state index contributed by atoms with van der Waals surface area (Å²) in [4.78, 5) is 10.2. The molecule has 3 rings (SSSR count). The number of carbonyl (C=O) groups excluding carboxylic acids is 1. The molecular formula is C17H22Cl4O4. The van der Waals surface area contributed by atoms with Crippen LogP contribution < -0.4 is 0 Å². The third kappa shape index (κ3) is 1.77. The van der Waals surface area contributed by atoms with Gasteiger partial charge in [-0.1, -0.05) is 44.0 Å². The van der Waals surface area contributed by atoms with Crippen molar-refractivity contribution in [2.45, 2.75) is 48.8 Å². The minimum atomic E-state index is -1.68. The predicted molar refractivity (Wildman–Crippen MR) is 98.2 cm³/mol. The lowest BCUT2D eigenvalue weighted by atomic mass is 9.56. The zero-order valence-electron chi connectivity index (χ0n) is 14.7. The number of hydrogen-bond acceptors (Lipinski definition) is 4. The lowest BCUT2D eigenvalue weighted by Crippen LogP contribution is -2.62. The smallest absolute Gasteiger partial charge is 0.218 e. The zero-order chi connectivity index (χ0) is 19.2. The van der Waals surface area contributed by atoms with Crippen LogP contribution >= 0.6 is 46.4 Å². The second-order valence-electron chi connectivity index (χ2n) is 7.74. The maximum absolute atomic E-state index is 13.4. The Bertz CT molecular complexity index is 661. The summed E-state index contributed by atoms with van der Waals surface area (Å²) in [5, 5.41) is 11.2. The molecule has 0 aromatic heterocycles. The van der Waals surface area contributed by atoms with E-state index in [4.69, 9.17) is 55.9 Å². The fourth-order valence-electron chi connectivity index (χ4n) is 5.36. The number of alkyl halides is 2. The van der Waals surface area contributed by atoms with E-state index in [0.29, 0.717) is 0 Å². The number of halogens is 4. The quantitative estimate of drug-likeness (QED) is 0.544. The summed E-state index contributed by atoms with van der Waals surface area (Å²) in [7, 11) is 2.77. The van der Waals surface area contributed by atoms with Gasteiger partial charge in [0.15, 0.2) is 0 Å². The third-order valence-electron chi connectivity index (χ3n) is 6.69. The van der Waals surface area contributed by atoms with Crippen LogP contribution in [-0.2, 0) is 14.3 Å². The molecule has 0 aliphatic heterocycles. The monoisotopic (exact) mass is 430 g/mol. The Morgan fingerprint density at radius 3 is 2.12 bits per heavy atom. The summed E-state index contributed by atoms with van der Waals surface area (Å²) >= 11 is 27.0. The van der Waals surface area contributed by atoms with Crippen LogP contribution in [0.1, 0.15) is 27.2 Å². The average Bonchev–Trinajstić information content (AvgIpc) is 2.78. The van der Waals surface area contributed by atoms with E-state index < -0.39 is 33.0 Å². The lowest BCUT2D eigenvalue weighted by Gasteiger charge is -2.52. The minimum Gasteiger partial charge on any atom is -0.392 e. The number of hydrogen-bond donors (Lipinski definition) is 1. The SMILES string of the molecule is COC1(OC)[C@]2(Cl)C(Cl)=C(Cl)[C@@]1(Cl)[C@]1(C)[C@H]2C(=O)[C@H](C(C)C)C[C@@H]1O. The summed E-state index contributed by atoms with van der Waals surface area (Å²) in [5.41, 5.74) is -1.19. The molecule has 0 unspecified atom stereocenters. The van der Waals surface area contributed by atoms with Gasteiger partial charge in [-0.2, -0.15) is 0 Å². The van der Waals surface area contributed by atoms with Gasteiger partial charge in [-0.25, -0.2) is 0 Å². The van der Waals surface area contributed by atoms with Gasteiger partial charge in [0.05, 0.1) is 22.1 Å². The highest BCUT2D eigenvalue weighted by Gasteiger charge is 2.91. The largest absolute Gasteiger partial charge is 0.392 e. The van der Waals surface area contributed by atoms with Crippen LogP contribution in [0.5, 0.6) is 0 Å². The Hall–Kier alpha value is 0.450. The molecule has 0 saturated heterocycles. The van der Waals surface area contributed by atoms with Gasteiger partial charge < -0.3 is 14.6 Å². The second kappa shape index (κ2) is 5.73. The molecule has 6 atom stereocenters. The molecule has 0 aromatic carbocycles. The highest BCUT2D eigenvalue weighted by atomic mass is 35.5. The standard InChI is InChI=1S/C17H22Cl4O4/c1-7(2)8-6-9(22)14(3)11(10(8)23)15(20)12(18)13(19)16(14,21)17(15,24-4)25-5/h7-9,11,22H,6H2,1-5H3/t8-,9-,11+,14-,15+,16+/m0/s1. The minimum absolute atomic E-state index is 0.0371. The van der Waals surface area contributed by atoms with Gasteiger partial charge in [-0.05, 0) is 12.3 Å². The number of aliphatic hydroxyl groups excluding tert-OH is 1. The van der Waals surface area contributed by atoms with E-state index >= 15 is 0 Å². The number of rotatable bonds is 3. The first-order chi connectivity index (χ1) is 11.4. The molecule has 1 N–H and O–H groups in total. The van der Waals surface area contributed by atoms with Crippen LogP contribution in [-0.4, -0.2) is 46.7 Å². The van der Waals surface area contributed by atoms with Crippen LogP contribution in [0, 0.1) is 23.2 Å². The Labute approximate surface area is 167 Å². The molecule has 0 aromatic rings. The fourth-order valence-corrected chi connectivity index (χ4v) is 7.72. The van der Waals surface area contributed by atoms with Crippen molar-refractivity contribution in [3.05, 3.63) is 10.1 Å². The lowest BCUT2D eigenvalue weighted by molar-refractivity contribution is -0.225. The molecule has 0 spiro atoms. The van der Waals surface area contributed by atoms with Gasteiger partial charge in [0.25, 0.3) is 0 Å². The van der Waals surface area contributed by atoms with Gasteiger partial charge in [0, 0.05) is 25.6 Å². The number of methoxy groups -OCH3 is 2. The number of ketones is 1. The number of carbonyl (C=O) groups is 1. The number of fused-ring (bicyclic) bond motifs is 5. The zero-order valence-corrected chi connectivity index (χ0v) is 17.7. The fraction of sp³-hybridized carbons (Fsp3) is 0.824. The molecule has 2 saturated carbocycles. The molecule has 0 radical (unpaired) electrons. The van der Waals surface area contributed by atoms with E-state index in [1.807, 2.05) is 13.8 Å². The van der Waals surface area contributed by atoms with Crippen molar-refractivity contribution in [3.63, 3.8) is 0 Å². The van der Waals surface area contributed by atoms with Crippen LogP contribution in [0.4, 0.5) is 0 Å². The Kier molecular flexibility index (Phi) is 4.63. The maximum Gasteiger partial charge on any atom is 0.218 e. The van der Waals surface area contributed by atoms with Crippen molar-refractivity contribution < 1.29 is 19.4 Å². The van der Waals surface area contributed by atoms with E-state index in [1.165, 1.54) is 14.2 Å². The Balaban J connectivity index is 2.37. The topological polar surface area (TPSA) is 55.8 Å². The van der Waals surface area contributed by atoms with E-state index in [9.17, 15) is 9.90 Å². The molecule has 25 heavy (non-hydrogen) atoms. The Morgan fingerprint density at radius 1 is 1.16 bits per heavy atom. The number of aliphatic hydroxyl groups is 1. The van der Waals surface area contributed by atoms with Crippen molar-refractivity contribution >= 4 is 52.2 Å². The van der Waals surface area contributed by atoms with Crippen LogP contribution in [0.25, 0.3) is 0 Å². The second-order valence-corrected chi connectivity index (χ2v) is 9.66. The molecule has 3 aliphatic rings. The molecule has 0 heterocycles. The predicted octanol–water partition coefficient (Wildman–Crippen LogP) is 3.88. The van der Waals surface area contributed by atoms with E-state index in [0.717, 1.165) is 0 Å². The van der Waals surface area contributed by atoms with Crippen molar-refractivity contribution in [2.24, 2.45) is 23.2 Å². The first kappa shape index (κ1) is 20.2. The maximum atomic E-state index is 13.4. The van der Waals surface area contributed by atoms with E-state index in [1.54, 1.807) is 6.92 Å². The first-order valence-electron chi connectivity index (χ1n) is 8.19. The van der Waals surface area contributed by atoms with Gasteiger partial charge >= 0.3 is 0 Å². The first-order valence-corrected chi connectivity index (χ1v) is 9.70. The van der Waals surface area contributed by atoms with Gasteiger partial charge in [0.1, 0.15) is 15.5 Å². The van der Waals surface area contributed by atoms with Crippen LogP contribution in [0.3, 0.4) is 0 Å². The molecule has 3 aliphatic carbocycles. The van der Waals surface area contributed by atoms with E-state index in [2.05, 4.69) is 0 Å². The van der Waals surface area contributed by atoms with Gasteiger partial charge in [-0.3, -0.25) is 4.79 Å². The molecule has 2 bridgehead atoms. The summed E-state index contributed by atoms with van der Waals surface area (Å²) in [6.45, 7) is 5.59. The molecule has 2 fully saturated rings. The summed E-state index contributed by atoms with van der Waals surface area (Å²) < 4.78 is 11.3. The van der Waals surface area contributed by atoms with Gasteiger partial charge in [-0.15, -0.1) is 23.2 Å². The summed E-state index contributed by atoms with van der Waals surface area (Å²) in [5.74, 6) is -3.00. The van der Waals surface area contributed by atoms with Crippen molar-refractivity contribution in [3.8, 4) is 0 Å². The molecular weight excluding hydrogens is 410 g/mol.